The number of amides is 1. The number of nitrogens with zero attached hydrogens (tertiary/aromatic N) is 6. The maximum absolute atomic E-state index is 14.4. The maximum atomic E-state index is 14.4. The predicted molar refractivity (Wildman–Crippen MR) is 146 cm³/mol. The maximum Gasteiger partial charge on any atom is 0.338 e. The molecule has 3 aliphatic heterocycles. The predicted octanol–water partition coefficient (Wildman–Crippen LogP) is 3.97. The van der Waals surface area contributed by atoms with E-state index < -0.39 is 11.4 Å². The molecule has 10 heteroatoms. The molecule has 3 aromatic rings. The van der Waals surface area contributed by atoms with Crippen molar-refractivity contribution in [3.8, 4) is 0 Å². The number of rotatable bonds is 4. The highest BCUT2D eigenvalue weighted by Gasteiger charge is 2.60. The van der Waals surface area contributed by atoms with Gasteiger partial charge in [0.25, 0.3) is 5.91 Å². The second-order valence-corrected chi connectivity index (χ2v) is 10.1. The Labute approximate surface area is 225 Å². The normalized spacial score (nSPS) is 22.3. The van der Waals surface area contributed by atoms with Gasteiger partial charge in [-0.25, -0.2) is 14.8 Å². The third-order valence-electron chi connectivity index (χ3n) is 7.70. The van der Waals surface area contributed by atoms with Gasteiger partial charge in [0, 0.05) is 42.7 Å². The van der Waals surface area contributed by atoms with Crippen LogP contribution in [0, 0.1) is 5.41 Å². The number of benzene rings is 2. The number of anilines is 3. The Hall–Kier alpha value is -3.98. The van der Waals surface area contributed by atoms with Crippen LogP contribution >= 0.6 is 11.6 Å². The summed E-state index contributed by atoms with van der Waals surface area (Å²) in [6.45, 7) is 5.96. The topological polar surface area (TPSA) is 91.2 Å². The van der Waals surface area contributed by atoms with Crippen molar-refractivity contribution in [3.05, 3.63) is 77.1 Å². The van der Waals surface area contributed by atoms with Crippen molar-refractivity contribution in [1.82, 2.24) is 9.97 Å². The molecule has 3 aliphatic rings. The number of esters is 1. The summed E-state index contributed by atoms with van der Waals surface area (Å²) < 4.78 is 5.09. The van der Waals surface area contributed by atoms with Crippen molar-refractivity contribution in [1.29, 1.82) is 0 Å². The van der Waals surface area contributed by atoms with E-state index in [0.29, 0.717) is 54.9 Å². The fraction of sp³-hybridized carbons (Fsp3) is 0.321. The van der Waals surface area contributed by atoms with Gasteiger partial charge in [0.15, 0.2) is 0 Å². The lowest BCUT2D eigenvalue weighted by Gasteiger charge is -2.53. The Morgan fingerprint density at radius 1 is 1.13 bits per heavy atom. The smallest absolute Gasteiger partial charge is 0.338 e. The monoisotopic (exact) mass is 530 g/mol. The van der Waals surface area contributed by atoms with Crippen molar-refractivity contribution in [2.75, 3.05) is 41.0 Å². The Morgan fingerprint density at radius 2 is 1.89 bits per heavy atom. The lowest BCUT2D eigenvalue weighted by molar-refractivity contribution is -0.125. The molecular weight excluding hydrogens is 504 g/mol. The van der Waals surface area contributed by atoms with E-state index in [1.807, 2.05) is 25.1 Å². The molecule has 2 aromatic carbocycles. The van der Waals surface area contributed by atoms with Crippen LogP contribution in [0.5, 0.6) is 0 Å². The number of fused-ring (bicyclic) bond motifs is 4. The summed E-state index contributed by atoms with van der Waals surface area (Å²) in [5.41, 5.74) is 3.03. The SMILES string of the molecule is CCOC(=O)c1ccc(N2N=C(C)[C@]3(Cc4ccc(Cl)cc4N4CCN(c5ncccn5)C[C@@H]43)C2=O)cc1. The van der Waals surface area contributed by atoms with Crippen LogP contribution in [0.1, 0.15) is 29.8 Å². The lowest BCUT2D eigenvalue weighted by atomic mass is 9.67. The third-order valence-corrected chi connectivity index (χ3v) is 7.94. The first kappa shape index (κ1) is 24.4. The number of ether oxygens (including phenoxy) is 1. The summed E-state index contributed by atoms with van der Waals surface area (Å²) in [7, 11) is 0. The molecule has 0 saturated carbocycles. The molecule has 1 fully saturated rings. The molecule has 9 nitrogen and oxygen atoms in total. The highest BCUT2D eigenvalue weighted by Crippen LogP contribution is 2.48. The summed E-state index contributed by atoms with van der Waals surface area (Å²) >= 11 is 6.41. The molecule has 38 heavy (non-hydrogen) atoms. The number of hydrazone groups is 1. The van der Waals surface area contributed by atoms with Crippen LogP contribution in [-0.4, -0.2) is 59.8 Å². The standard InChI is InChI=1S/C28H27ClN6O3/c1-3-38-25(36)19-6-9-22(10-7-19)35-26(37)28(18(2)32-35)16-20-5-8-21(29)15-23(20)34-14-13-33(17-24(28)34)27-30-11-4-12-31-27/h4-12,15,24H,3,13-14,16-17H2,1-2H3/t24-,28+/m1/s1. The number of aromatic nitrogens is 2. The Balaban J connectivity index is 1.39. The first-order valence-electron chi connectivity index (χ1n) is 12.7. The van der Waals surface area contributed by atoms with Crippen LogP contribution in [0.2, 0.25) is 5.02 Å². The van der Waals surface area contributed by atoms with Crippen LogP contribution in [0.15, 0.2) is 66.0 Å². The zero-order valence-corrected chi connectivity index (χ0v) is 21.9. The fourth-order valence-corrected chi connectivity index (χ4v) is 6.01. The van der Waals surface area contributed by atoms with E-state index >= 15 is 0 Å². The van der Waals surface area contributed by atoms with Gasteiger partial charge < -0.3 is 14.5 Å². The van der Waals surface area contributed by atoms with Gasteiger partial charge in [-0.05, 0) is 68.3 Å². The molecule has 0 unspecified atom stereocenters. The summed E-state index contributed by atoms with van der Waals surface area (Å²) in [6, 6.07) is 14.3. The second kappa shape index (κ2) is 9.40. The lowest BCUT2D eigenvalue weighted by Crippen LogP contribution is -2.67. The molecule has 0 aliphatic carbocycles. The zero-order valence-electron chi connectivity index (χ0n) is 21.2. The highest BCUT2D eigenvalue weighted by molar-refractivity contribution is 6.31. The molecule has 0 radical (unpaired) electrons. The van der Waals surface area contributed by atoms with E-state index in [0.717, 1.165) is 17.0 Å². The van der Waals surface area contributed by atoms with E-state index in [4.69, 9.17) is 21.4 Å². The van der Waals surface area contributed by atoms with Crippen LogP contribution in [-0.2, 0) is 16.0 Å². The average Bonchev–Trinajstić information content (AvgIpc) is 3.19. The summed E-state index contributed by atoms with van der Waals surface area (Å²) in [5, 5.41) is 6.93. The van der Waals surface area contributed by atoms with Gasteiger partial charge >= 0.3 is 5.97 Å². The third kappa shape index (κ3) is 3.80. The Bertz CT molecular complexity index is 1430. The Morgan fingerprint density at radius 3 is 2.63 bits per heavy atom. The number of carbonyl (C=O) groups excluding carboxylic acids is 2. The first-order valence-corrected chi connectivity index (χ1v) is 13.0. The quantitative estimate of drug-likeness (QED) is 0.471. The van der Waals surface area contributed by atoms with Crippen LogP contribution in [0.4, 0.5) is 17.3 Å². The highest BCUT2D eigenvalue weighted by atomic mass is 35.5. The minimum atomic E-state index is -0.881. The molecule has 0 N–H and O–H groups in total. The molecule has 6 rings (SSSR count). The van der Waals surface area contributed by atoms with Crippen molar-refractivity contribution < 1.29 is 14.3 Å². The summed E-state index contributed by atoms with van der Waals surface area (Å²) in [5.74, 6) is 0.155. The van der Waals surface area contributed by atoms with Gasteiger partial charge in [-0.2, -0.15) is 10.1 Å². The van der Waals surface area contributed by atoms with Crippen molar-refractivity contribution in [2.45, 2.75) is 26.3 Å². The van der Waals surface area contributed by atoms with E-state index in [9.17, 15) is 9.59 Å². The molecule has 2 atom stereocenters. The molecule has 1 saturated heterocycles. The van der Waals surface area contributed by atoms with E-state index in [-0.39, 0.29) is 11.9 Å². The van der Waals surface area contributed by atoms with Crippen molar-refractivity contribution in [2.24, 2.45) is 10.5 Å². The molecular formula is C28H27ClN6O3. The molecule has 0 bridgehead atoms. The van der Waals surface area contributed by atoms with Gasteiger partial charge in [0.05, 0.1) is 29.6 Å². The second-order valence-electron chi connectivity index (χ2n) is 9.69. The van der Waals surface area contributed by atoms with Crippen molar-refractivity contribution in [3.63, 3.8) is 0 Å². The fourth-order valence-electron chi connectivity index (χ4n) is 5.85. The van der Waals surface area contributed by atoms with Crippen LogP contribution in [0.3, 0.4) is 0 Å². The van der Waals surface area contributed by atoms with E-state index in [1.165, 1.54) is 5.01 Å². The van der Waals surface area contributed by atoms with E-state index in [2.05, 4.69) is 19.8 Å². The number of halogens is 1. The van der Waals surface area contributed by atoms with Gasteiger partial charge in [0.2, 0.25) is 5.95 Å². The zero-order chi connectivity index (χ0) is 26.4. The van der Waals surface area contributed by atoms with Crippen LogP contribution in [0.25, 0.3) is 0 Å². The first-order chi connectivity index (χ1) is 18.4. The number of carbonyl (C=O) groups is 2. The van der Waals surface area contributed by atoms with Gasteiger partial charge in [-0.15, -0.1) is 0 Å². The minimum absolute atomic E-state index is 0.0923. The number of hydrogen-bond donors (Lipinski definition) is 0. The molecule has 4 heterocycles. The molecule has 1 spiro atoms. The van der Waals surface area contributed by atoms with Crippen molar-refractivity contribution >= 4 is 46.5 Å². The van der Waals surface area contributed by atoms with Crippen LogP contribution < -0.4 is 14.8 Å². The summed E-state index contributed by atoms with van der Waals surface area (Å²) in [4.78, 5) is 39.9. The van der Waals surface area contributed by atoms with Gasteiger partial charge in [0.1, 0.15) is 5.41 Å². The summed E-state index contributed by atoms with van der Waals surface area (Å²) in [6.07, 6.45) is 3.97. The molecule has 1 amide bonds. The van der Waals surface area contributed by atoms with Gasteiger partial charge in [-0.1, -0.05) is 17.7 Å². The van der Waals surface area contributed by atoms with Gasteiger partial charge in [-0.3, -0.25) is 4.79 Å². The van der Waals surface area contributed by atoms with E-state index in [1.54, 1.807) is 49.6 Å². The minimum Gasteiger partial charge on any atom is -0.462 e. The Kier molecular flexibility index (Phi) is 6.03. The average molecular weight is 531 g/mol. The largest absolute Gasteiger partial charge is 0.462 e. The number of piperazine rings is 1. The molecule has 194 valence electrons. The number of hydrogen-bond acceptors (Lipinski definition) is 8. The molecule has 1 aromatic heterocycles.